The first-order valence-electron chi connectivity index (χ1n) is 19.4. The quantitative estimate of drug-likeness (QED) is 0.123. The summed E-state index contributed by atoms with van der Waals surface area (Å²) in [5.74, 6) is 0. The molecule has 1 heterocycles. The molecule has 2 nitrogen and oxygen atoms in total. The zero-order valence-corrected chi connectivity index (χ0v) is 32.0. The van der Waals surface area contributed by atoms with E-state index in [0.717, 1.165) is 60.3 Å². The van der Waals surface area contributed by atoms with Crippen molar-refractivity contribution < 1.29 is 4.57 Å². The molecule has 1 aromatic heterocycles. The van der Waals surface area contributed by atoms with E-state index in [0.29, 0.717) is 0 Å². The van der Waals surface area contributed by atoms with Gasteiger partial charge in [-0.05, 0) is 84.9 Å². The minimum Gasteiger partial charge on any atom is -0.309 e. The molecule has 0 radical (unpaired) electrons. The molecule has 0 N–H and O–H groups in total. The molecule has 0 aliphatic heterocycles. The summed E-state index contributed by atoms with van der Waals surface area (Å²) in [7, 11) is -3.38. The maximum atomic E-state index is 16.3. The van der Waals surface area contributed by atoms with E-state index in [4.69, 9.17) is 0 Å². The third-order valence-corrected chi connectivity index (χ3v) is 14.7. The van der Waals surface area contributed by atoms with Crippen molar-refractivity contribution in [3.63, 3.8) is 0 Å². The molecular weight excluding hydrogens is 710 g/mol. The van der Waals surface area contributed by atoms with Crippen LogP contribution in [0.3, 0.4) is 0 Å². The second kappa shape index (κ2) is 13.3. The molecule has 0 aliphatic carbocycles. The van der Waals surface area contributed by atoms with Crippen molar-refractivity contribution in [3.05, 3.63) is 218 Å². The molecule has 0 bridgehead atoms. The van der Waals surface area contributed by atoms with Crippen molar-refractivity contribution in [2.45, 2.75) is 0 Å². The Hall–Kier alpha value is -6.99. The van der Waals surface area contributed by atoms with E-state index in [9.17, 15) is 0 Å². The average molecular weight is 746 g/mol. The second-order valence-electron chi connectivity index (χ2n) is 14.8. The highest BCUT2D eigenvalue weighted by Gasteiger charge is 2.31. The van der Waals surface area contributed by atoms with Crippen LogP contribution in [-0.2, 0) is 4.57 Å². The molecule has 0 amide bonds. The van der Waals surface area contributed by atoms with Gasteiger partial charge in [-0.1, -0.05) is 188 Å². The predicted octanol–water partition coefficient (Wildman–Crippen LogP) is 13.2. The number of benzene rings is 10. The highest BCUT2D eigenvalue weighted by atomic mass is 31.2. The Kier molecular flexibility index (Phi) is 7.81. The van der Waals surface area contributed by atoms with Crippen LogP contribution in [0.1, 0.15) is 0 Å². The van der Waals surface area contributed by atoms with Crippen LogP contribution in [0.4, 0.5) is 0 Å². The van der Waals surface area contributed by atoms with Gasteiger partial charge in [0.2, 0.25) is 0 Å². The lowest BCUT2D eigenvalue weighted by molar-refractivity contribution is 0.592. The van der Waals surface area contributed by atoms with Gasteiger partial charge < -0.3 is 9.13 Å². The van der Waals surface area contributed by atoms with Crippen molar-refractivity contribution in [1.82, 2.24) is 4.57 Å². The van der Waals surface area contributed by atoms with E-state index in [1.54, 1.807) is 0 Å². The molecule has 11 rings (SSSR count). The molecule has 0 saturated heterocycles. The van der Waals surface area contributed by atoms with E-state index < -0.39 is 7.14 Å². The van der Waals surface area contributed by atoms with Crippen molar-refractivity contribution in [3.8, 4) is 27.9 Å². The minimum atomic E-state index is -3.38. The minimum absolute atomic E-state index is 0.801. The lowest BCUT2D eigenvalue weighted by Gasteiger charge is -2.21. The summed E-state index contributed by atoms with van der Waals surface area (Å²) in [6, 6.07) is 76.7. The van der Waals surface area contributed by atoms with Gasteiger partial charge in [0, 0.05) is 32.4 Å². The molecule has 268 valence electrons. The Morgan fingerprint density at radius 2 is 0.667 bits per heavy atom. The zero-order valence-electron chi connectivity index (χ0n) is 31.1. The first kappa shape index (κ1) is 33.4. The van der Waals surface area contributed by atoms with Gasteiger partial charge in [-0.2, -0.15) is 0 Å². The molecule has 0 saturated carbocycles. The normalized spacial score (nSPS) is 11.9. The summed E-state index contributed by atoms with van der Waals surface area (Å²) in [6.45, 7) is 0. The largest absolute Gasteiger partial charge is 0.309 e. The van der Waals surface area contributed by atoms with Gasteiger partial charge in [-0.25, -0.2) is 0 Å². The summed E-state index contributed by atoms with van der Waals surface area (Å²) in [6.07, 6.45) is 0. The number of para-hydroxylation sites is 1. The van der Waals surface area contributed by atoms with Gasteiger partial charge in [0.1, 0.15) is 0 Å². The monoisotopic (exact) mass is 745 g/mol. The lowest BCUT2D eigenvalue weighted by atomic mass is 9.93. The first-order chi connectivity index (χ1) is 28.1. The molecule has 0 aliphatic rings. The molecule has 10 aromatic carbocycles. The van der Waals surface area contributed by atoms with Gasteiger partial charge in [-0.3, -0.25) is 0 Å². The predicted molar refractivity (Wildman–Crippen MR) is 244 cm³/mol. The van der Waals surface area contributed by atoms with Gasteiger partial charge in [0.05, 0.1) is 11.0 Å². The fourth-order valence-electron chi connectivity index (χ4n) is 8.89. The number of rotatable bonds is 6. The van der Waals surface area contributed by atoms with Crippen LogP contribution in [0.25, 0.3) is 82.1 Å². The summed E-state index contributed by atoms with van der Waals surface area (Å²) in [5, 5.41) is 12.2. The number of aromatic nitrogens is 1. The fourth-order valence-corrected chi connectivity index (χ4v) is 11.5. The van der Waals surface area contributed by atoms with Gasteiger partial charge in [0.15, 0.2) is 7.14 Å². The van der Waals surface area contributed by atoms with Crippen LogP contribution in [0, 0.1) is 0 Å². The van der Waals surface area contributed by atoms with Crippen LogP contribution in [0.2, 0.25) is 0 Å². The number of hydrogen-bond acceptors (Lipinski definition) is 1. The van der Waals surface area contributed by atoms with E-state index >= 15 is 4.57 Å². The molecule has 0 spiro atoms. The lowest BCUT2D eigenvalue weighted by Crippen LogP contribution is -2.25. The molecule has 57 heavy (non-hydrogen) atoms. The van der Waals surface area contributed by atoms with Gasteiger partial charge in [-0.15, -0.1) is 0 Å². The number of hydrogen-bond donors (Lipinski definition) is 0. The highest BCUT2D eigenvalue weighted by molar-refractivity contribution is 7.85. The smallest absolute Gasteiger partial charge is 0.171 e. The highest BCUT2D eigenvalue weighted by Crippen LogP contribution is 2.46. The standard InChI is InChI=1S/C54H36NOP/c56-57(42-28-24-39(25-29-42)37-14-4-1-5-15-37,43-30-26-40(27-31-43)38-16-6-2-7-17-38)44-32-33-49-52-35-50-47-22-12-10-20-45(47)46-21-11-13-23-48(46)51(50)36-54(52)55(53(49)34-44)41-18-8-3-9-19-41/h1-36H. The van der Waals surface area contributed by atoms with E-state index in [-0.39, 0.29) is 0 Å². The maximum absolute atomic E-state index is 16.3. The Labute approximate surface area is 331 Å². The maximum Gasteiger partial charge on any atom is 0.171 e. The molecule has 0 fully saturated rings. The number of nitrogens with zero attached hydrogens (tertiary/aromatic N) is 1. The van der Waals surface area contributed by atoms with Gasteiger partial charge >= 0.3 is 0 Å². The fraction of sp³-hybridized carbons (Fsp3) is 0. The van der Waals surface area contributed by atoms with Crippen molar-refractivity contribution >= 4 is 77.2 Å². The van der Waals surface area contributed by atoms with Crippen LogP contribution in [-0.4, -0.2) is 4.57 Å². The Balaban J connectivity index is 1.18. The molecule has 11 aromatic rings. The van der Waals surface area contributed by atoms with Crippen molar-refractivity contribution in [2.75, 3.05) is 0 Å². The summed E-state index contributed by atoms with van der Waals surface area (Å²) in [5.41, 5.74) is 7.67. The van der Waals surface area contributed by atoms with Crippen LogP contribution < -0.4 is 15.9 Å². The van der Waals surface area contributed by atoms with Crippen LogP contribution >= 0.6 is 7.14 Å². The summed E-state index contributed by atoms with van der Waals surface area (Å²) in [4.78, 5) is 0. The van der Waals surface area contributed by atoms with E-state index in [1.807, 2.05) is 12.1 Å². The molecule has 0 atom stereocenters. The molecule has 0 unspecified atom stereocenters. The van der Waals surface area contributed by atoms with E-state index in [1.165, 1.54) is 37.7 Å². The molecule has 3 heteroatoms. The summed E-state index contributed by atoms with van der Waals surface area (Å²) >= 11 is 0. The third-order valence-electron chi connectivity index (χ3n) is 11.7. The SMILES string of the molecule is O=P(c1ccc(-c2ccccc2)cc1)(c1ccc(-c2ccccc2)cc1)c1ccc2c3cc4c5ccccc5c5ccccc5c4cc3n(-c3ccccc3)c2c1. The first-order valence-corrected chi connectivity index (χ1v) is 21.2. The van der Waals surface area contributed by atoms with Crippen LogP contribution in [0.5, 0.6) is 0 Å². The zero-order chi connectivity index (χ0) is 37.9. The van der Waals surface area contributed by atoms with Gasteiger partial charge in [0.25, 0.3) is 0 Å². The van der Waals surface area contributed by atoms with Crippen molar-refractivity contribution in [2.24, 2.45) is 0 Å². The third kappa shape index (κ3) is 5.37. The number of fused-ring (bicyclic) bond motifs is 9. The van der Waals surface area contributed by atoms with E-state index in [2.05, 4.69) is 211 Å². The molecular formula is C54H36NOP. The Morgan fingerprint density at radius 3 is 1.18 bits per heavy atom. The topological polar surface area (TPSA) is 22.0 Å². The average Bonchev–Trinajstić information content (AvgIpc) is 3.62. The second-order valence-corrected chi connectivity index (χ2v) is 17.6. The summed E-state index contributed by atoms with van der Waals surface area (Å²) < 4.78 is 18.7. The van der Waals surface area contributed by atoms with Crippen LogP contribution in [0.15, 0.2) is 218 Å². The Morgan fingerprint density at radius 1 is 0.281 bits per heavy atom. The van der Waals surface area contributed by atoms with Crippen molar-refractivity contribution in [1.29, 1.82) is 0 Å². The Bertz CT molecular complexity index is 3250.